The van der Waals surface area contributed by atoms with Crippen LogP contribution in [0.5, 0.6) is 0 Å². The predicted octanol–water partition coefficient (Wildman–Crippen LogP) is 2.79. The summed E-state index contributed by atoms with van der Waals surface area (Å²) < 4.78 is 13.9. The summed E-state index contributed by atoms with van der Waals surface area (Å²) >= 11 is 0. The lowest BCUT2D eigenvalue weighted by molar-refractivity contribution is 0.319. The fraction of sp³-hybridized carbons (Fsp3) is 0.250. The lowest BCUT2D eigenvalue weighted by Gasteiger charge is -2.10. The first kappa shape index (κ1) is 15.1. The molecule has 0 saturated heterocycles. The Bertz CT molecular complexity index is 646. The molecule has 5 heteroatoms. The Morgan fingerprint density at radius 3 is 2.76 bits per heavy atom. The normalized spacial score (nSPS) is 11.9. The van der Waals surface area contributed by atoms with E-state index in [0.29, 0.717) is 24.1 Å². The first-order valence-corrected chi connectivity index (χ1v) is 6.70. The van der Waals surface area contributed by atoms with E-state index in [1.165, 1.54) is 0 Å². The van der Waals surface area contributed by atoms with E-state index >= 15 is 0 Å². The lowest BCUT2D eigenvalue weighted by atomic mass is 10.0. The first-order chi connectivity index (χ1) is 10.2. The third kappa shape index (κ3) is 3.63. The molecule has 0 aliphatic rings. The van der Waals surface area contributed by atoms with Crippen LogP contribution in [-0.4, -0.2) is 11.5 Å². The first-order valence-electron chi connectivity index (χ1n) is 6.70. The number of rotatable bonds is 5. The minimum absolute atomic E-state index is 0.313. The van der Waals surface area contributed by atoms with Crippen LogP contribution >= 0.6 is 0 Å². The van der Waals surface area contributed by atoms with E-state index in [1.807, 2.05) is 19.1 Å². The number of hydrogen-bond acceptors (Lipinski definition) is 4. The maximum atomic E-state index is 13.9. The summed E-state index contributed by atoms with van der Waals surface area (Å²) in [4.78, 5) is 4.32. The van der Waals surface area contributed by atoms with Gasteiger partial charge >= 0.3 is 0 Å². The van der Waals surface area contributed by atoms with Gasteiger partial charge in [0.05, 0.1) is 17.3 Å². The average Bonchev–Trinajstić information content (AvgIpc) is 2.52. The number of halogens is 1. The van der Waals surface area contributed by atoms with Gasteiger partial charge in [-0.1, -0.05) is 12.1 Å². The van der Waals surface area contributed by atoms with E-state index in [4.69, 9.17) is 11.1 Å². The van der Waals surface area contributed by atoms with Crippen LogP contribution in [0.25, 0.3) is 11.3 Å². The highest BCUT2D eigenvalue weighted by atomic mass is 19.1. The highest BCUT2D eigenvalue weighted by Crippen LogP contribution is 2.25. The van der Waals surface area contributed by atoms with Gasteiger partial charge in [-0.25, -0.2) is 4.39 Å². The monoisotopic (exact) mass is 284 g/mol. The van der Waals surface area contributed by atoms with Crippen LogP contribution in [0.3, 0.4) is 0 Å². The number of nitrogens with one attached hydrogen (secondary N) is 1. The zero-order chi connectivity index (χ0) is 15.2. The van der Waals surface area contributed by atoms with Gasteiger partial charge < -0.3 is 0 Å². The van der Waals surface area contributed by atoms with E-state index in [0.717, 1.165) is 16.8 Å². The number of hydrogen-bond donors (Lipinski definition) is 2. The zero-order valence-electron chi connectivity index (χ0n) is 11.8. The van der Waals surface area contributed by atoms with Crippen molar-refractivity contribution in [3.63, 3.8) is 0 Å². The summed E-state index contributed by atoms with van der Waals surface area (Å²) in [6.07, 6.45) is 0.784. The summed E-state index contributed by atoms with van der Waals surface area (Å²) in [6.45, 7) is 2.34. The largest absolute Gasteiger partial charge is 0.271 e. The van der Waals surface area contributed by atoms with Gasteiger partial charge in [-0.05, 0) is 37.1 Å². The average molecular weight is 284 g/mol. The van der Waals surface area contributed by atoms with Crippen molar-refractivity contribution in [2.45, 2.75) is 19.5 Å². The van der Waals surface area contributed by atoms with Gasteiger partial charge in [0.1, 0.15) is 6.17 Å². The molecule has 1 aromatic carbocycles. The fourth-order valence-corrected chi connectivity index (χ4v) is 2.15. The van der Waals surface area contributed by atoms with Crippen molar-refractivity contribution in [3.05, 3.63) is 53.2 Å². The van der Waals surface area contributed by atoms with E-state index in [-0.39, 0.29) is 0 Å². The molecule has 0 radical (unpaired) electrons. The molecule has 2 rings (SSSR count). The Morgan fingerprint density at radius 1 is 1.38 bits per heavy atom. The van der Waals surface area contributed by atoms with E-state index < -0.39 is 6.17 Å². The molecule has 108 valence electrons. The lowest BCUT2D eigenvalue weighted by Crippen LogP contribution is -2.23. The van der Waals surface area contributed by atoms with Crippen LogP contribution < -0.4 is 11.3 Å². The highest BCUT2D eigenvalue weighted by Gasteiger charge is 2.11. The van der Waals surface area contributed by atoms with Crippen molar-refractivity contribution in [1.29, 1.82) is 5.26 Å². The van der Waals surface area contributed by atoms with Gasteiger partial charge in [0.2, 0.25) is 0 Å². The standard InChI is InChI=1S/C16H17FN4/c1-11-8-12(9-18)2-4-14(11)16-5-3-13(10-20-16)15(17)6-7-21-19/h2-5,8,10,15,21H,6-7,19H2,1H3. The molecule has 0 fully saturated rings. The molecular formula is C16H17FN4. The molecule has 0 saturated carbocycles. The second-order valence-corrected chi connectivity index (χ2v) is 4.83. The molecule has 0 aliphatic carbocycles. The van der Waals surface area contributed by atoms with Gasteiger partial charge in [0.25, 0.3) is 0 Å². The smallest absolute Gasteiger partial charge is 0.128 e. The fourth-order valence-electron chi connectivity index (χ4n) is 2.15. The van der Waals surface area contributed by atoms with Crippen molar-refractivity contribution < 1.29 is 4.39 Å². The van der Waals surface area contributed by atoms with Crippen molar-refractivity contribution in [3.8, 4) is 17.3 Å². The molecule has 4 nitrogen and oxygen atoms in total. The molecule has 1 heterocycles. The molecule has 0 spiro atoms. The number of aromatic nitrogens is 1. The Hall–Kier alpha value is -2.29. The molecule has 1 atom stereocenters. The number of nitrogens with two attached hydrogens (primary N) is 1. The topological polar surface area (TPSA) is 74.7 Å². The number of aryl methyl sites for hydroxylation is 1. The van der Waals surface area contributed by atoms with Crippen LogP contribution in [0.2, 0.25) is 0 Å². The molecule has 0 bridgehead atoms. The van der Waals surface area contributed by atoms with Crippen molar-refractivity contribution in [2.75, 3.05) is 6.54 Å². The number of pyridine rings is 1. The summed E-state index contributed by atoms with van der Waals surface area (Å²) in [7, 11) is 0. The van der Waals surface area contributed by atoms with E-state index in [1.54, 1.807) is 24.4 Å². The third-order valence-electron chi connectivity index (χ3n) is 3.32. The summed E-state index contributed by atoms with van der Waals surface area (Å²) in [5, 5.41) is 8.87. The maximum Gasteiger partial charge on any atom is 0.128 e. The van der Waals surface area contributed by atoms with Crippen LogP contribution in [0.1, 0.15) is 29.3 Å². The van der Waals surface area contributed by atoms with Gasteiger partial charge in [-0.3, -0.25) is 16.3 Å². The zero-order valence-corrected chi connectivity index (χ0v) is 11.8. The maximum absolute atomic E-state index is 13.9. The van der Waals surface area contributed by atoms with Gasteiger partial charge in [-0.2, -0.15) is 5.26 Å². The van der Waals surface area contributed by atoms with Gasteiger partial charge in [0, 0.05) is 23.9 Å². The SMILES string of the molecule is Cc1cc(C#N)ccc1-c1ccc(C(F)CCNN)cn1. The molecule has 1 unspecified atom stereocenters. The molecule has 2 aromatic rings. The second kappa shape index (κ2) is 6.93. The minimum atomic E-state index is -1.08. The Labute approximate surface area is 123 Å². The van der Waals surface area contributed by atoms with Gasteiger partial charge in [-0.15, -0.1) is 0 Å². The summed E-state index contributed by atoms with van der Waals surface area (Å²) in [6, 6.07) is 11.1. The van der Waals surface area contributed by atoms with Gasteiger partial charge in [0.15, 0.2) is 0 Å². The Kier molecular flexibility index (Phi) is 4.99. The minimum Gasteiger partial charge on any atom is -0.271 e. The van der Waals surface area contributed by atoms with Crippen LogP contribution in [0, 0.1) is 18.3 Å². The molecule has 0 aliphatic heterocycles. The van der Waals surface area contributed by atoms with Crippen LogP contribution in [-0.2, 0) is 0 Å². The van der Waals surface area contributed by atoms with Crippen LogP contribution in [0.4, 0.5) is 4.39 Å². The summed E-state index contributed by atoms with van der Waals surface area (Å²) in [5.41, 5.74) is 6.28. The third-order valence-corrected chi connectivity index (χ3v) is 3.32. The molecule has 3 N–H and O–H groups in total. The van der Waals surface area contributed by atoms with Crippen LogP contribution in [0.15, 0.2) is 36.5 Å². The Balaban J connectivity index is 2.21. The van der Waals surface area contributed by atoms with Crippen molar-refractivity contribution >= 4 is 0 Å². The molecule has 1 aromatic heterocycles. The number of hydrazine groups is 1. The summed E-state index contributed by atoms with van der Waals surface area (Å²) in [5.74, 6) is 5.14. The number of benzene rings is 1. The Morgan fingerprint density at radius 2 is 2.19 bits per heavy atom. The van der Waals surface area contributed by atoms with E-state index in [2.05, 4.69) is 16.5 Å². The molecule has 21 heavy (non-hydrogen) atoms. The van der Waals surface area contributed by atoms with Crippen molar-refractivity contribution in [2.24, 2.45) is 5.84 Å². The quantitative estimate of drug-likeness (QED) is 0.654. The second-order valence-electron chi connectivity index (χ2n) is 4.83. The number of nitrogens with zero attached hydrogens (tertiary/aromatic N) is 2. The highest BCUT2D eigenvalue weighted by molar-refractivity contribution is 5.64. The van der Waals surface area contributed by atoms with E-state index in [9.17, 15) is 4.39 Å². The predicted molar refractivity (Wildman–Crippen MR) is 79.8 cm³/mol. The number of alkyl halides is 1. The number of nitriles is 1. The molecular weight excluding hydrogens is 267 g/mol. The van der Waals surface area contributed by atoms with Crippen molar-refractivity contribution in [1.82, 2.24) is 10.4 Å². The molecule has 0 amide bonds.